The Morgan fingerprint density at radius 2 is 1.50 bits per heavy atom. The first-order valence-corrected chi connectivity index (χ1v) is 0.651. The van der Waals surface area contributed by atoms with E-state index in [2.05, 4.69) is 0 Å². The van der Waals surface area contributed by atoms with Gasteiger partial charge >= 0.3 is 75.0 Å². The number of hydrogen-bond donors (Lipinski definition) is 2. The van der Waals surface area contributed by atoms with Gasteiger partial charge in [-0.1, -0.05) is 0 Å². The van der Waals surface area contributed by atoms with Crippen molar-refractivity contribution >= 4 is 6.16 Å². The van der Waals surface area contributed by atoms with Gasteiger partial charge < -0.3 is 11.6 Å². The molecule has 0 atom stereocenters. The van der Waals surface area contributed by atoms with E-state index >= 15 is 0 Å². The fourth-order valence-corrected chi connectivity index (χ4v) is 0. The fourth-order valence-electron chi connectivity index (χ4n) is 0. The average molecular weight is 369 g/mol. The summed E-state index contributed by atoms with van der Waals surface area (Å²) in [6.07, 6.45) is -1.83. The summed E-state index contributed by atoms with van der Waals surface area (Å²) in [5, 5.41) is 13.9. The summed E-state index contributed by atoms with van der Waals surface area (Å²) in [5.41, 5.74) is 0. The maximum absolute atomic E-state index is 8.56. The Hall–Kier alpha value is 2.84. The number of carboxylic acid groups (broad SMARTS) is 2. The number of hydrogen-bond acceptors (Lipinski definition) is 1. The molecule has 0 aromatic rings. The zero-order valence-electron chi connectivity index (χ0n) is 4.07. The molecule has 0 aliphatic rings. The molecule has 0 aliphatic heterocycles. The average Bonchev–Trinajstić information content (AvgIpc) is 0.811. The van der Waals surface area contributed by atoms with Gasteiger partial charge in [-0.3, -0.25) is 0 Å². The zero-order valence-corrected chi connectivity index (χ0v) is 11.1. The predicted octanol–water partition coefficient (Wildman–Crippen LogP) is -2.66. The van der Waals surface area contributed by atoms with E-state index in [0.29, 0.717) is 0 Å². The van der Waals surface area contributed by atoms with Crippen LogP contribution in [0.15, 0.2) is 0 Å². The monoisotopic (exact) mass is 370 g/mol. The standard InChI is InChI=1S/CH2O3.Cs.Yb.H/c2-1(3)4;;;/h(H2,2,3,4);;;/q;+1;;-1. The van der Waals surface area contributed by atoms with Crippen molar-refractivity contribution < 1.29 is 132 Å². The molecule has 0 bridgehead atoms. The second-order valence-corrected chi connectivity index (χ2v) is 0.283. The van der Waals surface area contributed by atoms with E-state index in [1.54, 1.807) is 0 Å². The molecule has 0 unspecified atom stereocenters. The minimum Gasteiger partial charge on any atom is -1.00 e. The predicted molar refractivity (Wildman–Crippen MR) is 11.8 cm³/mol. The van der Waals surface area contributed by atoms with Crippen molar-refractivity contribution in [2.75, 3.05) is 0 Å². The molecular formula is CH3CsO3Yb. The summed E-state index contributed by atoms with van der Waals surface area (Å²) < 4.78 is 0. The minimum absolute atomic E-state index is 0. The van der Waals surface area contributed by atoms with E-state index in [1.165, 1.54) is 0 Å². The van der Waals surface area contributed by atoms with Crippen LogP contribution in [-0.4, -0.2) is 16.4 Å². The van der Waals surface area contributed by atoms with Crippen molar-refractivity contribution in [2.45, 2.75) is 0 Å². The van der Waals surface area contributed by atoms with Crippen molar-refractivity contribution in [3.63, 3.8) is 0 Å². The Kier molecular flexibility index (Phi) is 28.6. The summed E-state index contributed by atoms with van der Waals surface area (Å²) in [4.78, 5) is 8.56. The molecule has 0 aromatic carbocycles. The smallest absolute Gasteiger partial charge is 1.00 e. The summed E-state index contributed by atoms with van der Waals surface area (Å²) in [7, 11) is 0. The topological polar surface area (TPSA) is 57.5 Å². The number of carbonyl (C=O) groups is 1. The van der Waals surface area contributed by atoms with Crippen LogP contribution >= 0.6 is 0 Å². The second-order valence-electron chi connectivity index (χ2n) is 0.283. The summed E-state index contributed by atoms with van der Waals surface area (Å²) in [6.45, 7) is 0. The van der Waals surface area contributed by atoms with Crippen molar-refractivity contribution in [1.82, 2.24) is 0 Å². The quantitative estimate of drug-likeness (QED) is 0.490. The van der Waals surface area contributed by atoms with Gasteiger partial charge in [0.05, 0.1) is 0 Å². The van der Waals surface area contributed by atoms with E-state index < -0.39 is 6.16 Å². The van der Waals surface area contributed by atoms with E-state index in [-0.39, 0.29) is 117 Å². The summed E-state index contributed by atoms with van der Waals surface area (Å²) in [6, 6.07) is 0. The first kappa shape index (κ1) is 15.9. The third-order valence-corrected chi connectivity index (χ3v) is 0. The third-order valence-electron chi connectivity index (χ3n) is 0. The van der Waals surface area contributed by atoms with Gasteiger partial charge in [0, 0.05) is 46.9 Å². The van der Waals surface area contributed by atoms with Crippen molar-refractivity contribution in [1.29, 1.82) is 0 Å². The van der Waals surface area contributed by atoms with Gasteiger partial charge in [0.15, 0.2) is 0 Å². The second kappa shape index (κ2) is 10.8. The van der Waals surface area contributed by atoms with Crippen molar-refractivity contribution in [2.24, 2.45) is 0 Å². The molecule has 0 amide bonds. The SMILES string of the molecule is O=C(O)O.[Cs+].[H-].[Yb]. The van der Waals surface area contributed by atoms with Crippen LogP contribution in [0.25, 0.3) is 0 Å². The van der Waals surface area contributed by atoms with Crippen LogP contribution in [0, 0.1) is 46.9 Å². The van der Waals surface area contributed by atoms with E-state index in [1.807, 2.05) is 0 Å². The van der Waals surface area contributed by atoms with Gasteiger partial charge in [-0.2, -0.15) is 0 Å². The Bertz CT molecular complexity index is 37.9. The van der Waals surface area contributed by atoms with Crippen LogP contribution in [-0.2, 0) is 0 Å². The van der Waals surface area contributed by atoms with Crippen LogP contribution in [0.2, 0.25) is 0 Å². The van der Waals surface area contributed by atoms with Gasteiger partial charge in [0.25, 0.3) is 0 Å². The van der Waals surface area contributed by atoms with Gasteiger partial charge in [-0.15, -0.1) is 0 Å². The van der Waals surface area contributed by atoms with Crippen molar-refractivity contribution in [3.05, 3.63) is 0 Å². The molecule has 6 heavy (non-hydrogen) atoms. The molecule has 0 heterocycles. The first-order valence-electron chi connectivity index (χ1n) is 0.651. The van der Waals surface area contributed by atoms with Gasteiger partial charge in [-0.25, -0.2) is 4.79 Å². The molecular weight excluding hydrogens is 366 g/mol. The van der Waals surface area contributed by atoms with Crippen LogP contribution in [0.3, 0.4) is 0 Å². The molecule has 0 saturated heterocycles. The first-order chi connectivity index (χ1) is 1.73. The third kappa shape index (κ3) is 28.9. The Balaban J connectivity index is -0.0000000150. The van der Waals surface area contributed by atoms with Gasteiger partial charge in [0.1, 0.15) is 0 Å². The minimum atomic E-state index is -1.83. The van der Waals surface area contributed by atoms with E-state index in [0.717, 1.165) is 0 Å². The summed E-state index contributed by atoms with van der Waals surface area (Å²) >= 11 is 0. The summed E-state index contributed by atoms with van der Waals surface area (Å²) in [5.74, 6) is 0. The molecule has 5 heteroatoms. The Morgan fingerprint density at radius 1 is 1.50 bits per heavy atom. The van der Waals surface area contributed by atoms with Crippen LogP contribution in [0.4, 0.5) is 4.79 Å². The largest absolute Gasteiger partial charge is 1.00 e. The fraction of sp³-hybridized carbons (Fsp3) is 0. The molecule has 0 saturated carbocycles. The van der Waals surface area contributed by atoms with Crippen molar-refractivity contribution in [3.8, 4) is 0 Å². The maximum Gasteiger partial charge on any atom is 1.00 e. The molecule has 2 N–H and O–H groups in total. The molecule has 0 spiro atoms. The Labute approximate surface area is 134 Å². The maximum atomic E-state index is 8.56. The Morgan fingerprint density at radius 3 is 1.50 bits per heavy atom. The van der Waals surface area contributed by atoms with E-state index in [4.69, 9.17) is 15.0 Å². The molecule has 0 radical (unpaired) electrons. The molecule has 0 aliphatic carbocycles. The van der Waals surface area contributed by atoms with Crippen LogP contribution in [0.5, 0.6) is 0 Å². The van der Waals surface area contributed by atoms with Gasteiger partial charge in [-0.05, 0) is 0 Å². The molecule has 3 nitrogen and oxygen atoms in total. The molecule has 0 fully saturated rings. The number of rotatable bonds is 0. The molecule has 0 rings (SSSR count). The van der Waals surface area contributed by atoms with Gasteiger partial charge in [0.2, 0.25) is 0 Å². The van der Waals surface area contributed by atoms with Crippen LogP contribution in [0.1, 0.15) is 1.43 Å². The zero-order chi connectivity index (χ0) is 3.58. The molecule has 40 valence electrons. The molecule has 0 aromatic heterocycles. The normalized spacial score (nSPS) is 4.00. The van der Waals surface area contributed by atoms with Crippen LogP contribution < -0.4 is 68.9 Å². The van der Waals surface area contributed by atoms with E-state index in [9.17, 15) is 0 Å².